The van der Waals surface area contributed by atoms with Crippen molar-refractivity contribution in [1.29, 1.82) is 0 Å². The van der Waals surface area contributed by atoms with Gasteiger partial charge in [-0.15, -0.1) is 0 Å². The number of hydrogen-bond donors (Lipinski definition) is 3. The topological polar surface area (TPSA) is 105 Å². The van der Waals surface area contributed by atoms with Crippen LogP contribution in [0.25, 0.3) is 0 Å². The van der Waals surface area contributed by atoms with E-state index in [9.17, 15) is 13.2 Å². The van der Waals surface area contributed by atoms with E-state index in [-0.39, 0.29) is 10.6 Å². The van der Waals surface area contributed by atoms with Gasteiger partial charge in [0.2, 0.25) is 0 Å². The molecule has 8 heteroatoms. The first-order chi connectivity index (χ1) is 11.4. The van der Waals surface area contributed by atoms with Crippen molar-refractivity contribution in [3.05, 3.63) is 54.6 Å². The minimum Gasteiger partial charge on any atom is -0.494 e. The fourth-order valence-corrected chi connectivity index (χ4v) is 2.42. The molecule has 3 N–H and O–H groups in total. The minimum atomic E-state index is -4.30. The molecule has 24 heavy (non-hydrogen) atoms. The first-order valence-corrected chi connectivity index (χ1v) is 8.69. The van der Waals surface area contributed by atoms with Gasteiger partial charge in [-0.3, -0.25) is 4.55 Å². The van der Waals surface area contributed by atoms with Gasteiger partial charge < -0.3 is 15.4 Å². The van der Waals surface area contributed by atoms with Gasteiger partial charge in [-0.05, 0) is 36.8 Å². The van der Waals surface area contributed by atoms with Crippen LogP contribution in [0.4, 0.5) is 10.5 Å². The van der Waals surface area contributed by atoms with E-state index in [1.807, 2.05) is 30.3 Å². The number of ether oxygens (including phenoxy) is 1. The van der Waals surface area contributed by atoms with E-state index >= 15 is 0 Å². The summed E-state index contributed by atoms with van der Waals surface area (Å²) in [5.41, 5.74) is 0.267. The number of anilines is 1. The molecule has 0 aliphatic heterocycles. The smallest absolute Gasteiger partial charge is 0.319 e. The van der Waals surface area contributed by atoms with Crippen LogP contribution in [-0.2, 0) is 10.1 Å². The summed E-state index contributed by atoms with van der Waals surface area (Å²) in [6.45, 7) is 0.860. The van der Waals surface area contributed by atoms with E-state index in [1.54, 1.807) is 0 Å². The van der Waals surface area contributed by atoms with Crippen LogP contribution in [0, 0.1) is 0 Å². The fourth-order valence-electron chi connectivity index (χ4n) is 1.89. The van der Waals surface area contributed by atoms with Crippen LogP contribution in [0.15, 0.2) is 59.5 Å². The van der Waals surface area contributed by atoms with Gasteiger partial charge in [0.15, 0.2) is 0 Å². The quantitative estimate of drug-likeness (QED) is 0.526. The molecule has 0 heterocycles. The summed E-state index contributed by atoms with van der Waals surface area (Å²) >= 11 is 0. The molecular formula is C16H18N2O5S. The van der Waals surface area contributed by atoms with Gasteiger partial charge in [0.25, 0.3) is 10.1 Å². The Balaban J connectivity index is 1.72. The zero-order chi connectivity index (χ0) is 17.4. The minimum absolute atomic E-state index is 0.267. The molecule has 0 aliphatic carbocycles. The van der Waals surface area contributed by atoms with Gasteiger partial charge in [-0.2, -0.15) is 8.42 Å². The Labute approximate surface area is 140 Å². The van der Waals surface area contributed by atoms with Crippen LogP contribution < -0.4 is 15.4 Å². The maximum Gasteiger partial charge on any atom is 0.319 e. The lowest BCUT2D eigenvalue weighted by atomic mass is 10.3. The zero-order valence-corrected chi connectivity index (χ0v) is 13.6. The van der Waals surface area contributed by atoms with Crippen molar-refractivity contribution in [2.75, 3.05) is 18.5 Å². The molecule has 2 aromatic rings. The molecule has 0 saturated carbocycles. The third-order valence-corrected chi connectivity index (χ3v) is 3.86. The lowest BCUT2D eigenvalue weighted by Crippen LogP contribution is -2.30. The van der Waals surface area contributed by atoms with Crippen molar-refractivity contribution < 1.29 is 22.5 Å². The summed E-state index contributed by atoms with van der Waals surface area (Å²) in [5, 5.41) is 5.13. The molecule has 0 fully saturated rings. The highest BCUT2D eigenvalue weighted by Crippen LogP contribution is 2.14. The molecule has 2 rings (SSSR count). The first-order valence-electron chi connectivity index (χ1n) is 7.25. The number of nitrogens with one attached hydrogen (secondary N) is 2. The number of carbonyl (C=O) groups excluding carboxylic acids is 1. The number of urea groups is 1. The molecule has 2 amide bonds. The van der Waals surface area contributed by atoms with E-state index < -0.39 is 16.1 Å². The standard InChI is InChI=1S/C16H18N2O5S/c19-16(17-10-5-11-23-14-7-2-1-3-8-14)18-13-6-4-9-15(12-13)24(20,21)22/h1-4,6-9,12H,5,10-11H2,(H2,17,18,19)(H,20,21,22). The second kappa shape index (κ2) is 8.32. The zero-order valence-electron chi connectivity index (χ0n) is 12.8. The van der Waals surface area contributed by atoms with E-state index in [0.29, 0.717) is 19.6 Å². The van der Waals surface area contributed by atoms with Gasteiger partial charge in [-0.1, -0.05) is 24.3 Å². The molecule has 0 aliphatic rings. The van der Waals surface area contributed by atoms with Gasteiger partial charge in [0.1, 0.15) is 5.75 Å². The summed E-state index contributed by atoms with van der Waals surface area (Å²) < 4.78 is 36.6. The van der Waals surface area contributed by atoms with Crippen molar-refractivity contribution >= 4 is 21.8 Å². The highest BCUT2D eigenvalue weighted by Gasteiger charge is 2.10. The average Bonchev–Trinajstić information content (AvgIpc) is 2.55. The molecule has 0 saturated heterocycles. The SMILES string of the molecule is O=C(NCCCOc1ccccc1)Nc1cccc(S(=O)(=O)O)c1. The Hall–Kier alpha value is -2.58. The largest absolute Gasteiger partial charge is 0.494 e. The monoisotopic (exact) mass is 350 g/mol. The second-order valence-electron chi connectivity index (χ2n) is 4.90. The van der Waals surface area contributed by atoms with Crippen LogP contribution in [0.2, 0.25) is 0 Å². The normalized spacial score (nSPS) is 10.9. The van der Waals surface area contributed by atoms with E-state index in [4.69, 9.17) is 9.29 Å². The molecule has 128 valence electrons. The van der Waals surface area contributed by atoms with Gasteiger partial charge in [0.05, 0.1) is 11.5 Å². The Bertz CT molecular complexity index is 778. The molecular weight excluding hydrogens is 332 g/mol. The fraction of sp³-hybridized carbons (Fsp3) is 0.188. The maximum atomic E-state index is 11.7. The van der Waals surface area contributed by atoms with Crippen LogP contribution in [0.3, 0.4) is 0 Å². The third kappa shape index (κ3) is 5.90. The molecule has 0 aromatic heterocycles. The van der Waals surface area contributed by atoms with Crippen molar-refractivity contribution in [2.24, 2.45) is 0 Å². The van der Waals surface area contributed by atoms with Gasteiger partial charge in [-0.25, -0.2) is 4.79 Å². The Morgan fingerprint density at radius 2 is 1.83 bits per heavy atom. The van der Waals surface area contributed by atoms with E-state index in [1.165, 1.54) is 24.3 Å². The number of rotatable bonds is 7. The molecule has 0 bridgehead atoms. The summed E-state index contributed by atoms with van der Waals surface area (Å²) in [5.74, 6) is 0.768. The Morgan fingerprint density at radius 1 is 1.08 bits per heavy atom. The highest BCUT2D eigenvalue weighted by molar-refractivity contribution is 7.85. The van der Waals surface area contributed by atoms with Crippen molar-refractivity contribution in [2.45, 2.75) is 11.3 Å². The molecule has 0 atom stereocenters. The third-order valence-electron chi connectivity index (χ3n) is 3.01. The molecule has 0 spiro atoms. The van der Waals surface area contributed by atoms with Crippen LogP contribution >= 0.6 is 0 Å². The van der Waals surface area contributed by atoms with Crippen LogP contribution in [0.5, 0.6) is 5.75 Å². The molecule has 2 aromatic carbocycles. The van der Waals surface area contributed by atoms with E-state index in [0.717, 1.165) is 5.75 Å². The molecule has 0 radical (unpaired) electrons. The van der Waals surface area contributed by atoms with Crippen molar-refractivity contribution in [3.63, 3.8) is 0 Å². The first kappa shape index (κ1) is 17.8. The predicted molar refractivity (Wildman–Crippen MR) is 89.8 cm³/mol. The van der Waals surface area contributed by atoms with Gasteiger partial charge >= 0.3 is 6.03 Å². The molecule has 7 nitrogen and oxygen atoms in total. The predicted octanol–water partition coefficient (Wildman–Crippen LogP) is 2.52. The Kier molecular flexibility index (Phi) is 6.16. The molecule has 0 unspecified atom stereocenters. The lowest BCUT2D eigenvalue weighted by molar-refractivity contribution is 0.250. The highest BCUT2D eigenvalue weighted by atomic mass is 32.2. The lowest BCUT2D eigenvalue weighted by Gasteiger charge is -2.09. The summed E-state index contributed by atoms with van der Waals surface area (Å²) in [6.07, 6.45) is 0.618. The number of para-hydroxylation sites is 1. The Morgan fingerprint density at radius 3 is 2.54 bits per heavy atom. The number of amides is 2. The second-order valence-corrected chi connectivity index (χ2v) is 6.32. The number of benzene rings is 2. The van der Waals surface area contributed by atoms with Crippen molar-refractivity contribution in [1.82, 2.24) is 5.32 Å². The maximum absolute atomic E-state index is 11.7. The van der Waals surface area contributed by atoms with E-state index in [2.05, 4.69) is 10.6 Å². The van der Waals surface area contributed by atoms with Crippen LogP contribution in [-0.4, -0.2) is 32.2 Å². The average molecular weight is 350 g/mol. The number of hydrogen-bond acceptors (Lipinski definition) is 4. The van der Waals surface area contributed by atoms with Crippen LogP contribution in [0.1, 0.15) is 6.42 Å². The number of carbonyl (C=O) groups is 1. The summed E-state index contributed by atoms with van der Waals surface area (Å²) in [7, 11) is -4.30. The van der Waals surface area contributed by atoms with Crippen molar-refractivity contribution in [3.8, 4) is 5.75 Å². The summed E-state index contributed by atoms with van der Waals surface area (Å²) in [4.78, 5) is 11.5. The summed E-state index contributed by atoms with van der Waals surface area (Å²) in [6, 6.07) is 14.2. The van der Waals surface area contributed by atoms with Gasteiger partial charge in [0, 0.05) is 12.2 Å².